The number of nitrogens with one attached hydrogen (secondary N) is 2. The van der Waals surface area contributed by atoms with Crippen LogP contribution in [-0.2, 0) is 19.3 Å². The Morgan fingerprint density at radius 1 is 1.08 bits per heavy atom. The molecule has 140 valence electrons. The molecule has 0 spiro atoms. The van der Waals surface area contributed by atoms with E-state index in [1.807, 2.05) is 31.1 Å². The second kappa shape index (κ2) is 8.55. The predicted octanol–water partition coefficient (Wildman–Crippen LogP) is 3.03. The van der Waals surface area contributed by atoms with E-state index in [4.69, 9.17) is 0 Å². The largest absolute Gasteiger partial charge is 0.416 e. The first kappa shape index (κ1) is 19.6. The lowest BCUT2D eigenvalue weighted by Gasteiger charge is -2.17. The fourth-order valence-electron chi connectivity index (χ4n) is 2.37. The molecule has 0 aliphatic rings. The van der Waals surface area contributed by atoms with Crippen LogP contribution in [0.3, 0.4) is 0 Å². The molecule has 0 saturated heterocycles. The van der Waals surface area contributed by atoms with Crippen LogP contribution in [0, 0.1) is 0 Å². The third-order valence-corrected chi connectivity index (χ3v) is 3.70. The first-order valence-electron chi connectivity index (χ1n) is 8.03. The number of aromatic nitrogens is 1. The monoisotopic (exact) mass is 365 g/mol. The number of guanidine groups is 1. The number of anilines is 1. The van der Waals surface area contributed by atoms with E-state index in [0.717, 1.165) is 29.1 Å². The van der Waals surface area contributed by atoms with Crippen molar-refractivity contribution < 1.29 is 13.2 Å². The molecule has 2 N–H and O–H groups in total. The van der Waals surface area contributed by atoms with Gasteiger partial charge in [-0.05, 0) is 23.8 Å². The molecule has 1 aromatic heterocycles. The molecule has 1 aromatic carbocycles. The number of halogens is 3. The van der Waals surface area contributed by atoms with Gasteiger partial charge in [-0.3, -0.25) is 4.99 Å². The lowest BCUT2D eigenvalue weighted by Crippen LogP contribution is -2.36. The molecule has 2 aromatic rings. The van der Waals surface area contributed by atoms with E-state index in [-0.39, 0.29) is 0 Å². The van der Waals surface area contributed by atoms with E-state index < -0.39 is 11.7 Å². The van der Waals surface area contributed by atoms with Crippen molar-refractivity contribution in [3.8, 4) is 0 Å². The molecule has 5 nitrogen and oxygen atoms in total. The maximum absolute atomic E-state index is 12.6. The Balaban J connectivity index is 1.93. The molecule has 0 atom stereocenters. The average Bonchev–Trinajstić information content (AvgIpc) is 2.61. The van der Waals surface area contributed by atoms with Crippen molar-refractivity contribution in [2.75, 3.05) is 26.0 Å². The van der Waals surface area contributed by atoms with Gasteiger partial charge in [-0.25, -0.2) is 4.98 Å². The molecule has 0 saturated carbocycles. The molecular formula is C18H22F3N5. The summed E-state index contributed by atoms with van der Waals surface area (Å²) in [7, 11) is 5.48. The van der Waals surface area contributed by atoms with Gasteiger partial charge in [-0.2, -0.15) is 13.2 Å². The van der Waals surface area contributed by atoms with Crippen LogP contribution in [0.15, 0.2) is 47.6 Å². The maximum atomic E-state index is 12.6. The summed E-state index contributed by atoms with van der Waals surface area (Å²) in [6.45, 7) is 0.888. The Morgan fingerprint density at radius 3 is 2.31 bits per heavy atom. The minimum absolute atomic E-state index is 0.366. The van der Waals surface area contributed by atoms with Gasteiger partial charge in [0.1, 0.15) is 5.82 Å². The Labute approximate surface area is 151 Å². The maximum Gasteiger partial charge on any atom is 0.416 e. The second-order valence-corrected chi connectivity index (χ2v) is 5.85. The average molecular weight is 365 g/mol. The summed E-state index contributed by atoms with van der Waals surface area (Å²) in [6, 6.07) is 8.89. The van der Waals surface area contributed by atoms with Crippen LogP contribution >= 0.6 is 0 Å². The zero-order valence-corrected chi connectivity index (χ0v) is 14.9. The zero-order chi connectivity index (χ0) is 19.2. The Kier molecular flexibility index (Phi) is 6.43. The summed E-state index contributed by atoms with van der Waals surface area (Å²) in [6.07, 6.45) is -2.59. The van der Waals surface area contributed by atoms with Gasteiger partial charge in [0.25, 0.3) is 0 Å². The van der Waals surface area contributed by atoms with Crippen LogP contribution < -0.4 is 15.5 Å². The topological polar surface area (TPSA) is 52.6 Å². The van der Waals surface area contributed by atoms with Gasteiger partial charge >= 0.3 is 6.18 Å². The smallest absolute Gasteiger partial charge is 0.362 e. The predicted molar refractivity (Wildman–Crippen MR) is 97.0 cm³/mol. The van der Waals surface area contributed by atoms with Crippen LogP contribution in [0.4, 0.5) is 19.0 Å². The molecule has 1 heterocycles. The van der Waals surface area contributed by atoms with Crippen LogP contribution in [0.1, 0.15) is 16.7 Å². The van der Waals surface area contributed by atoms with E-state index >= 15 is 0 Å². The highest BCUT2D eigenvalue weighted by Gasteiger charge is 2.29. The van der Waals surface area contributed by atoms with Crippen molar-refractivity contribution in [1.82, 2.24) is 15.6 Å². The number of rotatable bonds is 5. The Bertz CT molecular complexity index is 739. The number of hydrogen-bond donors (Lipinski definition) is 2. The van der Waals surface area contributed by atoms with Crippen molar-refractivity contribution in [2.24, 2.45) is 4.99 Å². The van der Waals surface area contributed by atoms with Crippen LogP contribution in [0.5, 0.6) is 0 Å². The normalized spacial score (nSPS) is 12.0. The molecule has 0 aliphatic heterocycles. The molecule has 0 radical (unpaired) electrons. The quantitative estimate of drug-likeness (QED) is 0.632. The summed E-state index contributed by atoms with van der Waals surface area (Å²) in [4.78, 5) is 10.4. The molecule has 8 heteroatoms. The molecule has 0 aliphatic carbocycles. The SMILES string of the molecule is CN=C(NCc1ccc(C(F)(F)F)cc1)NCc1cccnc1N(C)C. The highest BCUT2D eigenvalue weighted by molar-refractivity contribution is 5.79. The van der Waals surface area contributed by atoms with Crippen molar-refractivity contribution in [3.63, 3.8) is 0 Å². The highest BCUT2D eigenvalue weighted by Crippen LogP contribution is 2.29. The Morgan fingerprint density at radius 2 is 1.73 bits per heavy atom. The van der Waals surface area contributed by atoms with Crippen LogP contribution in [0.25, 0.3) is 0 Å². The van der Waals surface area contributed by atoms with E-state index in [1.165, 1.54) is 12.1 Å². The van der Waals surface area contributed by atoms with Gasteiger partial charge in [-0.1, -0.05) is 18.2 Å². The number of alkyl halides is 3. The van der Waals surface area contributed by atoms with E-state index in [0.29, 0.717) is 19.0 Å². The number of benzene rings is 1. The summed E-state index contributed by atoms with van der Waals surface area (Å²) < 4.78 is 37.8. The van der Waals surface area contributed by atoms with E-state index in [1.54, 1.807) is 13.2 Å². The van der Waals surface area contributed by atoms with Crippen LogP contribution in [-0.4, -0.2) is 32.1 Å². The van der Waals surface area contributed by atoms with Gasteiger partial charge in [0.15, 0.2) is 5.96 Å². The zero-order valence-electron chi connectivity index (χ0n) is 14.9. The third kappa shape index (κ3) is 5.37. The fraction of sp³-hybridized carbons (Fsp3) is 0.333. The lowest BCUT2D eigenvalue weighted by molar-refractivity contribution is -0.137. The first-order chi connectivity index (χ1) is 12.3. The van der Waals surface area contributed by atoms with Crippen molar-refractivity contribution in [1.29, 1.82) is 0 Å². The van der Waals surface area contributed by atoms with Crippen molar-refractivity contribution in [3.05, 3.63) is 59.3 Å². The second-order valence-electron chi connectivity index (χ2n) is 5.85. The van der Waals surface area contributed by atoms with Crippen molar-refractivity contribution >= 4 is 11.8 Å². The number of aliphatic imine (C=N–C) groups is 1. The van der Waals surface area contributed by atoms with Gasteiger partial charge in [0, 0.05) is 46.0 Å². The molecular weight excluding hydrogens is 343 g/mol. The summed E-state index contributed by atoms with van der Waals surface area (Å²) in [5, 5.41) is 6.27. The summed E-state index contributed by atoms with van der Waals surface area (Å²) in [5.74, 6) is 1.41. The first-order valence-corrected chi connectivity index (χ1v) is 8.03. The van der Waals surface area contributed by atoms with Crippen LogP contribution in [0.2, 0.25) is 0 Å². The molecule has 0 bridgehead atoms. The number of hydrogen-bond acceptors (Lipinski definition) is 3. The molecule has 0 unspecified atom stereocenters. The standard InChI is InChI=1S/C18H22F3N5/c1-22-17(25-12-14-5-4-10-23-16(14)26(2)3)24-11-13-6-8-15(9-7-13)18(19,20)21/h4-10H,11-12H2,1-3H3,(H2,22,24,25). The number of nitrogens with zero attached hydrogens (tertiary/aromatic N) is 3. The van der Waals surface area contributed by atoms with Gasteiger partial charge in [0.2, 0.25) is 0 Å². The molecule has 26 heavy (non-hydrogen) atoms. The third-order valence-electron chi connectivity index (χ3n) is 3.70. The Hall–Kier alpha value is -2.77. The van der Waals surface area contributed by atoms with Crippen molar-refractivity contribution in [2.45, 2.75) is 19.3 Å². The fourth-order valence-corrected chi connectivity index (χ4v) is 2.37. The minimum atomic E-state index is -4.32. The van der Waals surface area contributed by atoms with E-state index in [2.05, 4.69) is 20.6 Å². The molecule has 0 amide bonds. The molecule has 2 rings (SSSR count). The van der Waals surface area contributed by atoms with E-state index in [9.17, 15) is 13.2 Å². The van der Waals surface area contributed by atoms with Gasteiger partial charge in [0.05, 0.1) is 5.56 Å². The minimum Gasteiger partial charge on any atom is -0.362 e. The summed E-state index contributed by atoms with van der Waals surface area (Å²) >= 11 is 0. The summed E-state index contributed by atoms with van der Waals surface area (Å²) in [5.41, 5.74) is 1.09. The number of pyridine rings is 1. The van der Waals surface area contributed by atoms with Gasteiger partial charge in [-0.15, -0.1) is 0 Å². The highest BCUT2D eigenvalue weighted by atomic mass is 19.4. The van der Waals surface area contributed by atoms with Gasteiger partial charge < -0.3 is 15.5 Å². The molecule has 0 fully saturated rings. The lowest BCUT2D eigenvalue weighted by atomic mass is 10.1.